The van der Waals surface area contributed by atoms with Gasteiger partial charge < -0.3 is 15.5 Å². The Hall–Kier alpha value is -0.890. The number of benzene rings is 1. The van der Waals surface area contributed by atoms with Crippen LogP contribution in [0.5, 0.6) is 0 Å². The van der Waals surface area contributed by atoms with E-state index in [1.54, 1.807) is 19.2 Å². The van der Waals surface area contributed by atoms with Crippen molar-refractivity contribution in [2.75, 3.05) is 40.3 Å². The highest BCUT2D eigenvalue weighted by atomic mass is 127. The summed E-state index contributed by atoms with van der Waals surface area (Å²) in [5.74, 6) is 1.39. The highest BCUT2D eigenvalue weighted by Crippen LogP contribution is 2.47. The average Bonchev–Trinajstić information content (AvgIpc) is 3.23. The third-order valence-electron chi connectivity index (χ3n) is 5.16. The topological polar surface area (TPSA) is 39.7 Å². The van der Waals surface area contributed by atoms with Gasteiger partial charge in [0, 0.05) is 32.1 Å². The van der Waals surface area contributed by atoms with Crippen LogP contribution in [0.4, 0.5) is 4.39 Å². The van der Waals surface area contributed by atoms with E-state index in [9.17, 15) is 4.39 Å². The fourth-order valence-corrected chi connectivity index (χ4v) is 3.44. The van der Waals surface area contributed by atoms with Gasteiger partial charge in [0.1, 0.15) is 5.82 Å². The van der Waals surface area contributed by atoms with Crippen LogP contribution < -0.4 is 10.6 Å². The zero-order chi connectivity index (χ0) is 16.3. The molecule has 6 heteroatoms. The van der Waals surface area contributed by atoms with Gasteiger partial charge in [0.15, 0.2) is 5.96 Å². The van der Waals surface area contributed by atoms with E-state index >= 15 is 0 Å². The second kappa shape index (κ2) is 8.47. The highest BCUT2D eigenvalue weighted by Gasteiger charge is 2.44. The van der Waals surface area contributed by atoms with E-state index in [0.29, 0.717) is 5.92 Å². The molecule has 134 valence electrons. The van der Waals surface area contributed by atoms with Gasteiger partial charge in [-0.05, 0) is 56.5 Å². The van der Waals surface area contributed by atoms with Gasteiger partial charge in [-0.2, -0.15) is 0 Å². The second-order valence-corrected chi connectivity index (χ2v) is 7.01. The number of hydrogen-bond donors (Lipinski definition) is 2. The minimum atomic E-state index is -0.151. The number of nitrogens with one attached hydrogen (secondary N) is 2. The number of likely N-dealkylation sites (tertiary alicyclic amines) is 1. The van der Waals surface area contributed by atoms with E-state index in [1.807, 2.05) is 6.07 Å². The summed E-state index contributed by atoms with van der Waals surface area (Å²) < 4.78 is 13.5. The number of rotatable bonds is 5. The molecule has 0 amide bonds. The van der Waals surface area contributed by atoms with Gasteiger partial charge in [-0.15, -0.1) is 24.0 Å². The van der Waals surface area contributed by atoms with Crippen molar-refractivity contribution in [3.63, 3.8) is 0 Å². The first kappa shape index (κ1) is 19.4. The van der Waals surface area contributed by atoms with Gasteiger partial charge in [0.25, 0.3) is 0 Å². The van der Waals surface area contributed by atoms with Crippen molar-refractivity contribution < 1.29 is 4.39 Å². The van der Waals surface area contributed by atoms with E-state index in [-0.39, 0.29) is 35.2 Å². The molecule has 1 atom stereocenters. The Kier molecular flexibility index (Phi) is 6.86. The lowest BCUT2D eigenvalue weighted by Gasteiger charge is -2.20. The Balaban J connectivity index is 0.00000208. The van der Waals surface area contributed by atoms with Crippen LogP contribution >= 0.6 is 24.0 Å². The van der Waals surface area contributed by atoms with Crippen LogP contribution in [0.25, 0.3) is 0 Å². The summed E-state index contributed by atoms with van der Waals surface area (Å²) in [6.45, 7) is 4.09. The lowest BCUT2D eigenvalue weighted by atomic mass is 9.96. The fraction of sp³-hybridized carbons (Fsp3) is 0.611. The van der Waals surface area contributed by atoms with Crippen LogP contribution in [0.2, 0.25) is 0 Å². The van der Waals surface area contributed by atoms with Crippen molar-refractivity contribution in [1.29, 1.82) is 0 Å². The van der Waals surface area contributed by atoms with E-state index in [4.69, 9.17) is 0 Å². The van der Waals surface area contributed by atoms with Crippen molar-refractivity contribution in [1.82, 2.24) is 15.5 Å². The maximum Gasteiger partial charge on any atom is 0.191 e. The first-order valence-corrected chi connectivity index (χ1v) is 8.50. The van der Waals surface area contributed by atoms with Crippen molar-refractivity contribution in [3.8, 4) is 0 Å². The quantitative estimate of drug-likeness (QED) is 0.415. The van der Waals surface area contributed by atoms with Gasteiger partial charge in [-0.1, -0.05) is 12.1 Å². The molecule has 2 N–H and O–H groups in total. The van der Waals surface area contributed by atoms with E-state index in [0.717, 1.165) is 44.0 Å². The summed E-state index contributed by atoms with van der Waals surface area (Å²) in [5.41, 5.74) is 1.17. The molecule has 0 aromatic heterocycles. The number of nitrogens with zero attached hydrogens (tertiary/aromatic N) is 2. The molecule has 1 saturated carbocycles. The molecule has 0 radical (unpaired) electrons. The van der Waals surface area contributed by atoms with Crippen molar-refractivity contribution in [2.24, 2.45) is 10.9 Å². The SMILES string of the molecule is CN=C(NCC1CCN(C)C1)NCC1(c2cccc(F)c2)CC1.I. The van der Waals surface area contributed by atoms with Gasteiger partial charge in [-0.3, -0.25) is 4.99 Å². The molecule has 1 aliphatic heterocycles. The van der Waals surface area contributed by atoms with E-state index in [1.165, 1.54) is 19.0 Å². The maximum absolute atomic E-state index is 13.5. The number of guanidine groups is 1. The molecule has 2 fully saturated rings. The molecular formula is C18H28FIN4. The summed E-state index contributed by atoms with van der Waals surface area (Å²) in [7, 11) is 3.97. The largest absolute Gasteiger partial charge is 0.356 e. The Morgan fingerprint density at radius 3 is 2.75 bits per heavy atom. The van der Waals surface area contributed by atoms with Crippen LogP contribution in [-0.2, 0) is 5.41 Å². The molecule has 1 aromatic carbocycles. The standard InChI is InChI=1S/C18H27FN4.HI/c1-20-17(21-11-14-6-9-23(2)12-14)22-13-18(7-8-18)15-4-3-5-16(19)10-15;/h3-5,10,14H,6-9,11-13H2,1-2H3,(H2,20,21,22);1H. The molecule has 0 bridgehead atoms. The number of halogens is 2. The molecule has 4 nitrogen and oxygen atoms in total. The first-order valence-electron chi connectivity index (χ1n) is 8.50. The molecule has 2 aliphatic rings. The zero-order valence-corrected chi connectivity index (χ0v) is 16.8. The van der Waals surface area contributed by atoms with Crippen molar-refractivity contribution in [2.45, 2.75) is 24.7 Å². The number of aliphatic imine (C=N–C) groups is 1. The van der Waals surface area contributed by atoms with Gasteiger partial charge in [0.05, 0.1) is 0 Å². The van der Waals surface area contributed by atoms with Gasteiger partial charge in [0.2, 0.25) is 0 Å². The fourth-order valence-electron chi connectivity index (χ4n) is 3.44. The minimum Gasteiger partial charge on any atom is -0.356 e. The first-order chi connectivity index (χ1) is 11.1. The minimum absolute atomic E-state index is 0. The normalized spacial score (nSPS) is 22.8. The molecule has 1 heterocycles. The molecule has 0 spiro atoms. The van der Waals surface area contributed by atoms with Crippen LogP contribution in [0.3, 0.4) is 0 Å². The monoisotopic (exact) mass is 446 g/mol. The Morgan fingerprint density at radius 1 is 1.38 bits per heavy atom. The molecule has 1 aromatic rings. The van der Waals surface area contributed by atoms with Crippen molar-refractivity contribution in [3.05, 3.63) is 35.6 Å². The lowest BCUT2D eigenvalue weighted by Crippen LogP contribution is -2.43. The van der Waals surface area contributed by atoms with Crippen molar-refractivity contribution >= 4 is 29.9 Å². The Morgan fingerprint density at radius 2 is 2.17 bits per heavy atom. The maximum atomic E-state index is 13.5. The van der Waals surface area contributed by atoms with Crippen LogP contribution in [0.15, 0.2) is 29.3 Å². The molecule has 24 heavy (non-hydrogen) atoms. The lowest BCUT2D eigenvalue weighted by molar-refractivity contribution is 0.393. The average molecular weight is 446 g/mol. The summed E-state index contributed by atoms with van der Waals surface area (Å²) >= 11 is 0. The third kappa shape index (κ3) is 4.81. The molecule has 3 rings (SSSR count). The van der Waals surface area contributed by atoms with Gasteiger partial charge >= 0.3 is 0 Å². The van der Waals surface area contributed by atoms with Crippen LogP contribution in [-0.4, -0.2) is 51.1 Å². The molecular weight excluding hydrogens is 418 g/mol. The number of hydrogen-bond acceptors (Lipinski definition) is 2. The molecule has 1 aliphatic carbocycles. The predicted octanol–water partition coefficient (Wildman–Crippen LogP) is 2.59. The van der Waals surface area contributed by atoms with Crippen LogP contribution in [0, 0.1) is 11.7 Å². The smallest absolute Gasteiger partial charge is 0.191 e. The second-order valence-electron chi connectivity index (χ2n) is 7.01. The summed E-state index contributed by atoms with van der Waals surface area (Å²) in [4.78, 5) is 6.68. The summed E-state index contributed by atoms with van der Waals surface area (Å²) in [5, 5.41) is 6.86. The highest BCUT2D eigenvalue weighted by molar-refractivity contribution is 14.0. The van der Waals surface area contributed by atoms with Crippen LogP contribution in [0.1, 0.15) is 24.8 Å². The van der Waals surface area contributed by atoms with E-state index in [2.05, 4.69) is 27.6 Å². The van der Waals surface area contributed by atoms with E-state index < -0.39 is 0 Å². The van der Waals surface area contributed by atoms with Gasteiger partial charge in [-0.25, -0.2) is 4.39 Å². The summed E-state index contributed by atoms with van der Waals surface area (Å²) in [6, 6.07) is 7.00. The third-order valence-corrected chi connectivity index (χ3v) is 5.16. The molecule has 1 saturated heterocycles. The Labute approximate surface area is 161 Å². The predicted molar refractivity (Wildman–Crippen MR) is 108 cm³/mol. The summed E-state index contributed by atoms with van der Waals surface area (Å²) in [6.07, 6.45) is 3.45. The Bertz CT molecular complexity index is 574. The molecule has 1 unspecified atom stereocenters. The zero-order valence-electron chi connectivity index (χ0n) is 14.5.